The molecular weight excluding hydrogens is 263 g/mol. The van der Waals surface area contributed by atoms with E-state index in [1.165, 1.54) is 7.11 Å². The van der Waals surface area contributed by atoms with Crippen molar-refractivity contribution in [3.05, 3.63) is 23.8 Å². The van der Waals surface area contributed by atoms with Gasteiger partial charge in [0.15, 0.2) is 0 Å². The van der Waals surface area contributed by atoms with Crippen LogP contribution in [0, 0.1) is 0 Å². The Morgan fingerprint density at radius 3 is 2.84 bits per heavy atom. The first kappa shape index (κ1) is 14.7. The SMILES string of the molecule is COc1ccc(CSC2CCOC2C)cc1B(O)O. The van der Waals surface area contributed by atoms with E-state index in [1.807, 2.05) is 17.8 Å². The molecule has 1 aromatic rings. The van der Waals surface area contributed by atoms with Crippen molar-refractivity contribution in [1.29, 1.82) is 0 Å². The number of methoxy groups -OCH3 is 1. The summed E-state index contributed by atoms with van der Waals surface area (Å²) in [4.78, 5) is 0. The molecule has 0 spiro atoms. The van der Waals surface area contributed by atoms with Crippen molar-refractivity contribution in [3.63, 3.8) is 0 Å². The molecular formula is C13H19BO4S. The van der Waals surface area contributed by atoms with Gasteiger partial charge < -0.3 is 19.5 Å². The van der Waals surface area contributed by atoms with Crippen LogP contribution in [0.2, 0.25) is 0 Å². The fraction of sp³-hybridized carbons (Fsp3) is 0.538. The van der Waals surface area contributed by atoms with Crippen LogP contribution in [0.1, 0.15) is 18.9 Å². The minimum Gasteiger partial charge on any atom is -0.497 e. The summed E-state index contributed by atoms with van der Waals surface area (Å²) in [6.45, 7) is 2.93. The molecule has 1 aromatic carbocycles. The zero-order valence-corrected chi connectivity index (χ0v) is 12.0. The Morgan fingerprint density at radius 2 is 2.26 bits per heavy atom. The van der Waals surface area contributed by atoms with Crippen LogP contribution in [0.5, 0.6) is 5.75 Å². The fourth-order valence-corrected chi connectivity index (χ4v) is 3.41. The number of rotatable bonds is 5. The van der Waals surface area contributed by atoms with E-state index in [1.54, 1.807) is 12.1 Å². The molecule has 1 aliphatic heterocycles. The van der Waals surface area contributed by atoms with Crippen molar-refractivity contribution >= 4 is 24.3 Å². The third-order valence-corrected chi connectivity index (χ3v) is 4.89. The minimum absolute atomic E-state index is 0.297. The maximum Gasteiger partial charge on any atom is 0.492 e. The standard InChI is InChI=1S/C13H19BO4S/c1-9-13(5-6-18-9)19-8-10-3-4-12(17-2)11(7-10)14(15)16/h3-4,7,9,13,15-16H,5-6,8H2,1-2H3. The lowest BCUT2D eigenvalue weighted by Crippen LogP contribution is -2.31. The second-order valence-corrected chi connectivity index (χ2v) is 5.89. The van der Waals surface area contributed by atoms with E-state index in [9.17, 15) is 10.0 Å². The largest absolute Gasteiger partial charge is 0.497 e. The zero-order valence-electron chi connectivity index (χ0n) is 11.2. The van der Waals surface area contributed by atoms with Crippen molar-refractivity contribution in [2.75, 3.05) is 13.7 Å². The van der Waals surface area contributed by atoms with Crippen LogP contribution < -0.4 is 10.2 Å². The van der Waals surface area contributed by atoms with E-state index in [0.29, 0.717) is 22.6 Å². The Labute approximate surface area is 118 Å². The average Bonchev–Trinajstić information content (AvgIpc) is 2.81. The Morgan fingerprint density at radius 1 is 1.47 bits per heavy atom. The summed E-state index contributed by atoms with van der Waals surface area (Å²) in [6, 6.07) is 5.52. The molecule has 4 nitrogen and oxygen atoms in total. The van der Waals surface area contributed by atoms with E-state index in [-0.39, 0.29) is 0 Å². The van der Waals surface area contributed by atoms with Gasteiger partial charge in [-0.3, -0.25) is 0 Å². The van der Waals surface area contributed by atoms with Gasteiger partial charge in [-0.15, -0.1) is 0 Å². The van der Waals surface area contributed by atoms with E-state index in [2.05, 4.69) is 6.92 Å². The normalized spacial score (nSPS) is 22.5. The molecule has 1 aliphatic rings. The van der Waals surface area contributed by atoms with Crippen molar-refractivity contribution in [1.82, 2.24) is 0 Å². The van der Waals surface area contributed by atoms with Crippen LogP contribution in [-0.4, -0.2) is 42.2 Å². The highest BCUT2D eigenvalue weighted by molar-refractivity contribution is 7.99. The molecule has 1 heterocycles. The highest BCUT2D eigenvalue weighted by atomic mass is 32.2. The van der Waals surface area contributed by atoms with Gasteiger partial charge in [0, 0.05) is 23.1 Å². The van der Waals surface area contributed by atoms with Gasteiger partial charge in [0.2, 0.25) is 0 Å². The van der Waals surface area contributed by atoms with Crippen LogP contribution in [0.15, 0.2) is 18.2 Å². The average molecular weight is 282 g/mol. The maximum absolute atomic E-state index is 9.33. The molecule has 0 saturated carbocycles. The predicted octanol–water partition coefficient (Wildman–Crippen LogP) is 0.786. The molecule has 1 fully saturated rings. The lowest BCUT2D eigenvalue weighted by Gasteiger charge is -2.14. The Hall–Kier alpha value is -0.685. The van der Waals surface area contributed by atoms with Gasteiger partial charge in [-0.1, -0.05) is 12.1 Å². The summed E-state index contributed by atoms with van der Waals surface area (Å²) in [5.41, 5.74) is 1.48. The molecule has 104 valence electrons. The highest BCUT2D eigenvalue weighted by Gasteiger charge is 2.24. The van der Waals surface area contributed by atoms with Crippen LogP contribution in [0.25, 0.3) is 0 Å². The molecule has 2 N–H and O–H groups in total. The maximum atomic E-state index is 9.33. The van der Waals surface area contributed by atoms with Crippen molar-refractivity contribution in [2.24, 2.45) is 0 Å². The lowest BCUT2D eigenvalue weighted by atomic mass is 9.79. The van der Waals surface area contributed by atoms with Crippen LogP contribution in [0.3, 0.4) is 0 Å². The summed E-state index contributed by atoms with van der Waals surface area (Å²) in [7, 11) is 0.0151. The molecule has 0 aliphatic carbocycles. The van der Waals surface area contributed by atoms with Crippen LogP contribution in [0.4, 0.5) is 0 Å². The molecule has 6 heteroatoms. The van der Waals surface area contributed by atoms with Gasteiger partial charge in [0.05, 0.1) is 13.2 Å². The summed E-state index contributed by atoms with van der Waals surface area (Å²) in [5, 5.41) is 19.2. The van der Waals surface area contributed by atoms with Gasteiger partial charge in [0.1, 0.15) is 5.75 Å². The lowest BCUT2D eigenvalue weighted by molar-refractivity contribution is 0.127. The molecule has 0 bridgehead atoms. The van der Waals surface area contributed by atoms with Crippen LogP contribution in [-0.2, 0) is 10.5 Å². The zero-order chi connectivity index (χ0) is 13.8. The van der Waals surface area contributed by atoms with E-state index >= 15 is 0 Å². The first-order valence-corrected chi connectivity index (χ1v) is 7.43. The fourth-order valence-electron chi connectivity index (χ4n) is 2.21. The highest BCUT2D eigenvalue weighted by Crippen LogP contribution is 2.29. The Bertz CT molecular complexity index is 427. The van der Waals surface area contributed by atoms with Gasteiger partial charge in [0.25, 0.3) is 0 Å². The van der Waals surface area contributed by atoms with Gasteiger partial charge in [-0.25, -0.2) is 0 Å². The van der Waals surface area contributed by atoms with Gasteiger partial charge >= 0.3 is 7.12 Å². The summed E-state index contributed by atoms with van der Waals surface area (Å²) in [5.74, 6) is 1.34. The molecule has 1 saturated heterocycles. The smallest absolute Gasteiger partial charge is 0.492 e. The second-order valence-electron chi connectivity index (χ2n) is 4.66. The van der Waals surface area contributed by atoms with E-state index in [4.69, 9.17) is 9.47 Å². The Kier molecular flexibility index (Phi) is 5.16. The van der Waals surface area contributed by atoms with Crippen LogP contribution >= 0.6 is 11.8 Å². The van der Waals surface area contributed by atoms with Gasteiger partial charge in [-0.05, 0) is 25.0 Å². The first-order chi connectivity index (χ1) is 9.11. The number of hydrogen-bond donors (Lipinski definition) is 2. The Balaban J connectivity index is 2.02. The first-order valence-electron chi connectivity index (χ1n) is 6.38. The number of hydrogen-bond acceptors (Lipinski definition) is 5. The predicted molar refractivity (Wildman–Crippen MR) is 77.9 cm³/mol. The molecule has 0 aromatic heterocycles. The summed E-state index contributed by atoms with van der Waals surface area (Å²) in [6.07, 6.45) is 1.38. The number of benzene rings is 1. The van der Waals surface area contributed by atoms with Crippen molar-refractivity contribution in [3.8, 4) is 5.75 Å². The molecule has 0 amide bonds. The summed E-state index contributed by atoms with van der Waals surface area (Å²) >= 11 is 1.85. The molecule has 2 rings (SSSR count). The minimum atomic E-state index is -1.51. The third-order valence-electron chi connectivity index (χ3n) is 3.34. The van der Waals surface area contributed by atoms with Crippen molar-refractivity contribution in [2.45, 2.75) is 30.5 Å². The molecule has 19 heavy (non-hydrogen) atoms. The third kappa shape index (κ3) is 3.66. The topological polar surface area (TPSA) is 58.9 Å². The van der Waals surface area contributed by atoms with Crippen molar-refractivity contribution < 1.29 is 19.5 Å². The van der Waals surface area contributed by atoms with E-state index < -0.39 is 7.12 Å². The molecule has 2 atom stereocenters. The monoisotopic (exact) mass is 282 g/mol. The summed E-state index contributed by atoms with van der Waals surface area (Å²) < 4.78 is 10.6. The quantitative estimate of drug-likeness (QED) is 0.782. The number of ether oxygens (including phenoxy) is 2. The second kappa shape index (κ2) is 6.66. The van der Waals surface area contributed by atoms with E-state index in [0.717, 1.165) is 24.3 Å². The molecule has 2 unspecified atom stereocenters. The number of thioether (sulfide) groups is 1. The molecule has 0 radical (unpaired) electrons. The van der Waals surface area contributed by atoms with Gasteiger partial charge in [-0.2, -0.15) is 11.8 Å².